The molecule has 0 saturated carbocycles. The second-order valence-electron chi connectivity index (χ2n) is 4.25. The van der Waals surface area contributed by atoms with Gasteiger partial charge in [-0.05, 0) is 31.5 Å². The molecule has 1 aromatic rings. The summed E-state index contributed by atoms with van der Waals surface area (Å²) in [6.07, 6.45) is 0.328. The van der Waals surface area contributed by atoms with E-state index in [2.05, 4.69) is 10.0 Å². The van der Waals surface area contributed by atoms with Crippen LogP contribution in [0, 0.1) is 0 Å². The van der Waals surface area contributed by atoms with E-state index < -0.39 is 10.0 Å². The number of carbonyl (C=O) groups excluding carboxylic acids is 1. The number of rotatable bonds is 8. The van der Waals surface area contributed by atoms with Gasteiger partial charge in [-0.2, -0.15) is 0 Å². The monoisotopic (exact) mass is 316 g/mol. The molecule has 0 aliphatic carbocycles. The van der Waals surface area contributed by atoms with E-state index in [-0.39, 0.29) is 24.0 Å². The number of hydrogen-bond acceptors (Lipinski definition) is 5. The van der Waals surface area contributed by atoms with Crippen molar-refractivity contribution in [2.75, 3.05) is 25.1 Å². The van der Waals surface area contributed by atoms with Gasteiger partial charge in [0, 0.05) is 20.1 Å². The molecule has 0 aliphatic heterocycles. The smallest absolute Gasteiger partial charge is 0.240 e. The Morgan fingerprint density at radius 2 is 2.10 bits per heavy atom. The van der Waals surface area contributed by atoms with Crippen LogP contribution in [-0.2, 0) is 14.8 Å². The third-order valence-electron chi connectivity index (χ3n) is 2.50. The molecule has 0 spiro atoms. The van der Waals surface area contributed by atoms with Gasteiger partial charge in [-0.1, -0.05) is 0 Å². The third kappa shape index (κ3) is 5.33. The molecular weight excluding hydrogens is 296 g/mol. The van der Waals surface area contributed by atoms with E-state index in [1.807, 2.05) is 0 Å². The standard InChI is InChI=1S/C13H20N2O5S/c1-3-20-13-6-5-11(9-12(13)15-10(2)17)21(18,19)14-7-4-8-16/h5-6,9,14,16H,3-4,7-8H2,1-2H3,(H,15,17). The van der Waals surface area contributed by atoms with Crippen LogP contribution in [0.15, 0.2) is 23.1 Å². The molecule has 0 atom stereocenters. The van der Waals surface area contributed by atoms with Crippen molar-refractivity contribution in [2.45, 2.75) is 25.2 Å². The molecule has 0 unspecified atom stereocenters. The van der Waals surface area contributed by atoms with Crippen molar-refractivity contribution >= 4 is 21.6 Å². The molecule has 8 heteroatoms. The highest BCUT2D eigenvalue weighted by molar-refractivity contribution is 7.89. The first-order chi connectivity index (χ1) is 9.90. The van der Waals surface area contributed by atoms with Gasteiger partial charge in [-0.25, -0.2) is 13.1 Å². The number of hydrogen-bond donors (Lipinski definition) is 3. The number of nitrogens with one attached hydrogen (secondary N) is 2. The van der Waals surface area contributed by atoms with E-state index in [0.717, 1.165) is 0 Å². The van der Waals surface area contributed by atoms with E-state index in [9.17, 15) is 13.2 Å². The molecular formula is C13H20N2O5S. The Morgan fingerprint density at radius 1 is 1.38 bits per heavy atom. The number of aliphatic hydroxyl groups excluding tert-OH is 1. The van der Waals surface area contributed by atoms with E-state index in [0.29, 0.717) is 24.5 Å². The highest BCUT2D eigenvalue weighted by Gasteiger charge is 2.16. The molecule has 21 heavy (non-hydrogen) atoms. The van der Waals surface area contributed by atoms with E-state index >= 15 is 0 Å². The van der Waals surface area contributed by atoms with Crippen molar-refractivity contribution in [1.29, 1.82) is 0 Å². The maximum atomic E-state index is 12.1. The normalized spacial score (nSPS) is 11.2. The van der Waals surface area contributed by atoms with Crippen molar-refractivity contribution in [3.63, 3.8) is 0 Å². The minimum atomic E-state index is -3.69. The van der Waals surface area contributed by atoms with Crippen LogP contribution in [0.25, 0.3) is 0 Å². The number of anilines is 1. The van der Waals surface area contributed by atoms with E-state index in [1.165, 1.54) is 25.1 Å². The van der Waals surface area contributed by atoms with Gasteiger partial charge < -0.3 is 15.2 Å². The Morgan fingerprint density at radius 3 is 2.67 bits per heavy atom. The molecule has 0 bridgehead atoms. The second kappa shape index (κ2) is 7.96. The van der Waals surface area contributed by atoms with Crippen molar-refractivity contribution in [2.24, 2.45) is 0 Å². The minimum absolute atomic E-state index is 0.0210. The number of ether oxygens (including phenoxy) is 1. The van der Waals surface area contributed by atoms with Gasteiger partial charge >= 0.3 is 0 Å². The van der Waals surface area contributed by atoms with Crippen LogP contribution in [0.1, 0.15) is 20.3 Å². The fourth-order valence-corrected chi connectivity index (χ4v) is 2.71. The van der Waals surface area contributed by atoms with Crippen LogP contribution in [0.2, 0.25) is 0 Å². The lowest BCUT2D eigenvalue weighted by Crippen LogP contribution is -2.25. The third-order valence-corrected chi connectivity index (χ3v) is 3.96. The highest BCUT2D eigenvalue weighted by atomic mass is 32.2. The van der Waals surface area contributed by atoms with Gasteiger partial charge in [0.15, 0.2) is 0 Å². The molecule has 0 aliphatic rings. The first-order valence-corrected chi connectivity index (χ1v) is 8.04. The van der Waals surface area contributed by atoms with Gasteiger partial charge in [-0.15, -0.1) is 0 Å². The predicted octanol–water partition coefficient (Wildman–Crippen LogP) is 0.704. The number of amides is 1. The number of sulfonamides is 1. The van der Waals surface area contributed by atoms with Gasteiger partial charge in [0.25, 0.3) is 0 Å². The van der Waals surface area contributed by atoms with Crippen molar-refractivity contribution in [3.8, 4) is 5.75 Å². The Balaban J connectivity index is 3.05. The molecule has 0 aromatic heterocycles. The second-order valence-corrected chi connectivity index (χ2v) is 6.01. The summed E-state index contributed by atoms with van der Waals surface area (Å²) in [5.41, 5.74) is 0.300. The zero-order chi connectivity index (χ0) is 15.9. The summed E-state index contributed by atoms with van der Waals surface area (Å²) in [6.45, 7) is 3.56. The fourth-order valence-electron chi connectivity index (χ4n) is 1.61. The first kappa shape index (κ1) is 17.4. The summed E-state index contributed by atoms with van der Waals surface area (Å²) in [7, 11) is -3.69. The Bertz CT molecular complexity index is 586. The predicted molar refractivity (Wildman–Crippen MR) is 78.8 cm³/mol. The van der Waals surface area contributed by atoms with Gasteiger partial charge in [0.05, 0.1) is 17.2 Å². The maximum Gasteiger partial charge on any atom is 0.240 e. The average molecular weight is 316 g/mol. The molecule has 1 rings (SSSR count). The summed E-state index contributed by atoms with van der Waals surface area (Å²) >= 11 is 0. The van der Waals surface area contributed by atoms with Gasteiger partial charge in [0.2, 0.25) is 15.9 Å². The maximum absolute atomic E-state index is 12.1. The lowest BCUT2D eigenvalue weighted by atomic mass is 10.3. The summed E-state index contributed by atoms with van der Waals surface area (Å²) in [5.74, 6) is 0.0840. The lowest BCUT2D eigenvalue weighted by Gasteiger charge is -2.13. The quantitative estimate of drug-likeness (QED) is 0.613. The zero-order valence-electron chi connectivity index (χ0n) is 12.0. The van der Waals surface area contributed by atoms with Crippen LogP contribution in [0.4, 0.5) is 5.69 Å². The van der Waals surface area contributed by atoms with Gasteiger partial charge in [-0.3, -0.25) is 4.79 Å². The number of benzene rings is 1. The van der Waals surface area contributed by atoms with Crippen molar-refractivity contribution < 1.29 is 23.1 Å². The van der Waals surface area contributed by atoms with Crippen molar-refractivity contribution in [1.82, 2.24) is 4.72 Å². The topological polar surface area (TPSA) is 105 Å². The average Bonchev–Trinajstić information content (AvgIpc) is 2.40. The molecule has 1 aromatic carbocycles. The Kier molecular flexibility index (Phi) is 6.60. The SMILES string of the molecule is CCOc1ccc(S(=O)(=O)NCCCO)cc1NC(C)=O. The Labute approximate surface area is 124 Å². The van der Waals surface area contributed by atoms with Crippen LogP contribution < -0.4 is 14.8 Å². The van der Waals surface area contributed by atoms with Crippen LogP contribution in [0.3, 0.4) is 0 Å². The molecule has 0 heterocycles. The summed E-state index contributed by atoms with van der Waals surface area (Å²) in [5, 5.41) is 11.2. The highest BCUT2D eigenvalue weighted by Crippen LogP contribution is 2.27. The van der Waals surface area contributed by atoms with Gasteiger partial charge in [0.1, 0.15) is 5.75 Å². The van der Waals surface area contributed by atoms with Crippen molar-refractivity contribution in [3.05, 3.63) is 18.2 Å². The Hall–Kier alpha value is -1.64. The molecule has 7 nitrogen and oxygen atoms in total. The summed E-state index contributed by atoms with van der Waals surface area (Å²) < 4.78 is 31.8. The fraction of sp³-hybridized carbons (Fsp3) is 0.462. The molecule has 0 fully saturated rings. The molecule has 0 saturated heterocycles. The molecule has 0 radical (unpaired) electrons. The number of aliphatic hydroxyl groups is 1. The molecule has 1 amide bonds. The summed E-state index contributed by atoms with van der Waals surface area (Å²) in [6, 6.07) is 4.24. The molecule has 118 valence electrons. The van der Waals surface area contributed by atoms with Crippen LogP contribution in [-0.4, -0.2) is 39.2 Å². The van der Waals surface area contributed by atoms with Crippen LogP contribution >= 0.6 is 0 Å². The lowest BCUT2D eigenvalue weighted by molar-refractivity contribution is -0.114. The van der Waals surface area contributed by atoms with E-state index in [1.54, 1.807) is 6.92 Å². The minimum Gasteiger partial charge on any atom is -0.492 e. The van der Waals surface area contributed by atoms with E-state index in [4.69, 9.17) is 9.84 Å². The van der Waals surface area contributed by atoms with Crippen LogP contribution in [0.5, 0.6) is 5.75 Å². The summed E-state index contributed by atoms with van der Waals surface area (Å²) in [4.78, 5) is 11.2. The number of carbonyl (C=O) groups is 1. The zero-order valence-corrected chi connectivity index (χ0v) is 12.9. The largest absolute Gasteiger partial charge is 0.492 e. The molecule has 3 N–H and O–H groups in total. The first-order valence-electron chi connectivity index (χ1n) is 6.55.